The van der Waals surface area contributed by atoms with Gasteiger partial charge in [-0.1, -0.05) is 30.1 Å². The van der Waals surface area contributed by atoms with Crippen LogP contribution in [0.4, 0.5) is 0 Å². The van der Waals surface area contributed by atoms with Crippen molar-refractivity contribution < 1.29 is 8.42 Å². The largest absolute Gasteiger partial charge is 0.326 e. The Morgan fingerprint density at radius 2 is 1.94 bits per heavy atom. The highest BCUT2D eigenvalue weighted by atomic mass is 35.5. The number of benzene rings is 1. The number of nitrogens with two attached hydrogens (primary N) is 1. The lowest BCUT2D eigenvalue weighted by atomic mass is 10.1. The lowest BCUT2D eigenvalue weighted by Crippen LogP contribution is -2.32. The van der Waals surface area contributed by atoms with Crippen LogP contribution >= 0.6 is 23.2 Å². The van der Waals surface area contributed by atoms with Crippen molar-refractivity contribution in [3.63, 3.8) is 0 Å². The molecule has 0 radical (unpaired) electrons. The fraction of sp³-hybridized carbons (Fsp3) is 0.455. The Kier molecular flexibility index (Phi) is 3.90. The van der Waals surface area contributed by atoms with Gasteiger partial charge in [0.05, 0.1) is 14.9 Å². The second kappa shape index (κ2) is 4.98. The van der Waals surface area contributed by atoms with Gasteiger partial charge in [-0.15, -0.1) is 0 Å². The minimum atomic E-state index is -3.53. The number of halogens is 2. The van der Waals surface area contributed by atoms with Crippen molar-refractivity contribution in [1.29, 1.82) is 0 Å². The van der Waals surface area contributed by atoms with E-state index in [9.17, 15) is 8.42 Å². The maximum absolute atomic E-state index is 12.4. The summed E-state index contributed by atoms with van der Waals surface area (Å²) in [5, 5.41) is 0.566. The molecule has 18 heavy (non-hydrogen) atoms. The summed E-state index contributed by atoms with van der Waals surface area (Å²) >= 11 is 11.6. The van der Waals surface area contributed by atoms with Gasteiger partial charge in [-0.3, -0.25) is 0 Å². The number of rotatable bonds is 2. The first kappa shape index (κ1) is 14.1. The van der Waals surface area contributed by atoms with Gasteiger partial charge in [-0.05, 0) is 24.1 Å². The quantitative estimate of drug-likeness (QED) is 0.908. The maximum Gasteiger partial charge on any atom is 0.243 e. The van der Waals surface area contributed by atoms with Gasteiger partial charge in [0, 0.05) is 19.1 Å². The van der Waals surface area contributed by atoms with Crippen LogP contribution in [0.25, 0.3) is 0 Å². The van der Waals surface area contributed by atoms with Crippen LogP contribution in [0.15, 0.2) is 23.1 Å². The van der Waals surface area contributed by atoms with Crippen LogP contribution in [-0.2, 0) is 10.0 Å². The van der Waals surface area contributed by atoms with E-state index in [0.29, 0.717) is 18.1 Å². The van der Waals surface area contributed by atoms with Gasteiger partial charge in [0.15, 0.2) is 0 Å². The fourth-order valence-electron chi connectivity index (χ4n) is 1.93. The van der Waals surface area contributed by atoms with Crippen LogP contribution in [0, 0.1) is 5.92 Å². The summed E-state index contributed by atoms with van der Waals surface area (Å²) in [5.74, 6) is 0.155. The summed E-state index contributed by atoms with van der Waals surface area (Å²) in [5.41, 5.74) is 5.84. The topological polar surface area (TPSA) is 63.4 Å². The molecule has 0 aromatic heterocycles. The van der Waals surface area contributed by atoms with E-state index in [1.807, 2.05) is 6.92 Å². The Balaban J connectivity index is 2.34. The maximum atomic E-state index is 12.4. The number of nitrogens with zero attached hydrogens (tertiary/aromatic N) is 1. The minimum absolute atomic E-state index is 0.123. The van der Waals surface area contributed by atoms with Crippen molar-refractivity contribution in [2.24, 2.45) is 11.7 Å². The van der Waals surface area contributed by atoms with E-state index < -0.39 is 10.0 Å². The molecule has 1 aromatic carbocycles. The van der Waals surface area contributed by atoms with Crippen LogP contribution in [0.3, 0.4) is 0 Å². The SMILES string of the molecule is CC1CN(S(=O)(=O)c2ccc(Cl)c(Cl)c2)CC1N. The van der Waals surface area contributed by atoms with E-state index in [1.165, 1.54) is 22.5 Å². The number of hydrogen-bond acceptors (Lipinski definition) is 3. The molecular weight excluding hydrogens is 295 g/mol. The first-order valence-electron chi connectivity index (χ1n) is 5.53. The average Bonchev–Trinajstić information content (AvgIpc) is 2.64. The van der Waals surface area contributed by atoms with Crippen LogP contribution in [0.1, 0.15) is 6.92 Å². The summed E-state index contributed by atoms with van der Waals surface area (Å²) in [4.78, 5) is 0.151. The van der Waals surface area contributed by atoms with Crippen molar-refractivity contribution in [1.82, 2.24) is 4.31 Å². The molecule has 7 heteroatoms. The lowest BCUT2D eigenvalue weighted by Gasteiger charge is -2.16. The van der Waals surface area contributed by atoms with Gasteiger partial charge < -0.3 is 5.73 Å². The third kappa shape index (κ3) is 2.51. The molecule has 0 aliphatic carbocycles. The zero-order chi connectivity index (χ0) is 13.5. The molecule has 100 valence electrons. The normalized spacial score (nSPS) is 25.6. The fourth-order valence-corrected chi connectivity index (χ4v) is 3.90. The smallest absolute Gasteiger partial charge is 0.243 e. The van der Waals surface area contributed by atoms with Crippen LogP contribution < -0.4 is 5.73 Å². The molecule has 1 saturated heterocycles. The first-order valence-corrected chi connectivity index (χ1v) is 7.72. The lowest BCUT2D eigenvalue weighted by molar-refractivity contribution is 0.464. The van der Waals surface area contributed by atoms with Crippen LogP contribution in [0.5, 0.6) is 0 Å². The third-order valence-corrected chi connectivity index (χ3v) is 5.73. The second-order valence-electron chi connectivity index (χ2n) is 4.54. The molecule has 2 unspecified atom stereocenters. The molecule has 2 rings (SSSR count). The number of sulfonamides is 1. The molecule has 0 bridgehead atoms. The van der Waals surface area contributed by atoms with Crippen molar-refractivity contribution >= 4 is 33.2 Å². The predicted octanol–water partition coefficient (Wildman–Crippen LogP) is 1.96. The molecule has 2 N–H and O–H groups in total. The van der Waals surface area contributed by atoms with Gasteiger partial charge >= 0.3 is 0 Å². The summed E-state index contributed by atoms with van der Waals surface area (Å²) in [6.45, 7) is 2.71. The van der Waals surface area contributed by atoms with Crippen molar-refractivity contribution in [3.05, 3.63) is 28.2 Å². The van der Waals surface area contributed by atoms with Gasteiger partial charge in [-0.25, -0.2) is 8.42 Å². The van der Waals surface area contributed by atoms with Gasteiger partial charge in [0.25, 0.3) is 0 Å². The zero-order valence-electron chi connectivity index (χ0n) is 9.81. The molecule has 1 fully saturated rings. The number of hydrogen-bond donors (Lipinski definition) is 1. The van der Waals surface area contributed by atoms with Gasteiger partial charge in [0.2, 0.25) is 10.0 Å². The second-order valence-corrected chi connectivity index (χ2v) is 7.29. The standard InChI is InChI=1S/C11H14Cl2N2O2S/c1-7-5-15(6-11(7)14)18(16,17)8-2-3-9(12)10(13)4-8/h2-4,7,11H,5-6,14H2,1H3. The Morgan fingerprint density at radius 3 is 2.44 bits per heavy atom. The van der Waals surface area contributed by atoms with E-state index in [4.69, 9.17) is 28.9 Å². The Labute approximate surface area is 117 Å². The van der Waals surface area contributed by atoms with Crippen LogP contribution in [-0.4, -0.2) is 31.9 Å². The molecule has 2 atom stereocenters. The van der Waals surface area contributed by atoms with E-state index in [-0.39, 0.29) is 21.9 Å². The van der Waals surface area contributed by atoms with Crippen molar-refractivity contribution in [3.8, 4) is 0 Å². The van der Waals surface area contributed by atoms with Crippen LogP contribution in [0.2, 0.25) is 10.0 Å². The minimum Gasteiger partial charge on any atom is -0.326 e. The van der Waals surface area contributed by atoms with Crippen molar-refractivity contribution in [2.75, 3.05) is 13.1 Å². The Bertz CT molecular complexity index is 552. The highest BCUT2D eigenvalue weighted by Gasteiger charge is 2.35. The molecule has 0 saturated carbocycles. The van der Waals surface area contributed by atoms with Crippen molar-refractivity contribution in [2.45, 2.75) is 17.9 Å². The van der Waals surface area contributed by atoms with E-state index in [0.717, 1.165) is 0 Å². The Hall–Kier alpha value is -0.330. The monoisotopic (exact) mass is 308 g/mol. The molecule has 1 aromatic rings. The van der Waals surface area contributed by atoms with E-state index in [2.05, 4.69) is 0 Å². The molecule has 1 aliphatic heterocycles. The molecule has 4 nitrogen and oxygen atoms in total. The van der Waals surface area contributed by atoms with E-state index in [1.54, 1.807) is 0 Å². The highest BCUT2D eigenvalue weighted by molar-refractivity contribution is 7.89. The summed E-state index contributed by atoms with van der Waals surface area (Å²) in [6.07, 6.45) is 0. The highest BCUT2D eigenvalue weighted by Crippen LogP contribution is 2.28. The summed E-state index contributed by atoms with van der Waals surface area (Å²) in [7, 11) is -3.53. The molecule has 1 heterocycles. The summed E-state index contributed by atoms with van der Waals surface area (Å²) in [6, 6.07) is 4.18. The Morgan fingerprint density at radius 1 is 1.28 bits per heavy atom. The summed E-state index contributed by atoms with van der Waals surface area (Å²) < 4.78 is 26.1. The third-order valence-electron chi connectivity index (χ3n) is 3.17. The molecule has 1 aliphatic rings. The molecular formula is C11H14Cl2N2O2S. The predicted molar refractivity (Wildman–Crippen MR) is 72.4 cm³/mol. The first-order chi connectivity index (χ1) is 8.32. The van der Waals surface area contributed by atoms with Gasteiger partial charge in [-0.2, -0.15) is 4.31 Å². The molecule has 0 spiro atoms. The zero-order valence-corrected chi connectivity index (χ0v) is 12.1. The van der Waals surface area contributed by atoms with E-state index >= 15 is 0 Å². The average molecular weight is 309 g/mol. The molecule has 0 amide bonds. The van der Waals surface area contributed by atoms with Gasteiger partial charge in [0.1, 0.15) is 0 Å².